The number of aromatic nitrogens is 2. The van der Waals surface area contributed by atoms with E-state index in [4.69, 9.17) is 21.1 Å². The van der Waals surface area contributed by atoms with Gasteiger partial charge in [-0.3, -0.25) is 0 Å². The first-order valence-electron chi connectivity index (χ1n) is 9.35. The molecule has 1 aromatic rings. The van der Waals surface area contributed by atoms with Crippen molar-refractivity contribution in [2.75, 3.05) is 31.6 Å². The summed E-state index contributed by atoms with van der Waals surface area (Å²) in [5, 5.41) is 11.6. The molecule has 1 aliphatic rings. The molecule has 0 aromatic carbocycles. The number of carbonyl (C=O) groups is 1. The first kappa shape index (κ1) is 20.6. The first-order valence-corrected chi connectivity index (χ1v) is 9.72. The number of piperidine rings is 1. The average molecular weight is 385 g/mol. The molecular formula is C18H29ClN4O3. The number of rotatable bonds is 8. The number of nitrogens with zero attached hydrogens (tertiary/aromatic N) is 3. The second-order valence-corrected chi connectivity index (χ2v) is 7.22. The van der Waals surface area contributed by atoms with Crippen molar-refractivity contribution < 1.29 is 14.3 Å². The fourth-order valence-electron chi connectivity index (χ4n) is 2.76. The van der Waals surface area contributed by atoms with E-state index in [0.717, 1.165) is 51.0 Å². The van der Waals surface area contributed by atoms with E-state index in [1.807, 2.05) is 13.8 Å². The van der Waals surface area contributed by atoms with Crippen molar-refractivity contribution in [3.8, 4) is 5.88 Å². The Morgan fingerprint density at radius 1 is 1.38 bits per heavy atom. The number of amides is 1. The maximum absolute atomic E-state index is 12.0. The Balaban J connectivity index is 1.80. The minimum atomic E-state index is -0.192. The zero-order chi connectivity index (χ0) is 18.9. The molecule has 1 saturated heterocycles. The highest BCUT2D eigenvalue weighted by molar-refractivity contribution is 6.29. The molecule has 146 valence electrons. The number of halogens is 1. The van der Waals surface area contributed by atoms with Crippen LogP contribution in [-0.2, 0) is 4.74 Å². The molecule has 1 aromatic heterocycles. The smallest absolute Gasteiger partial charge is 0.409 e. The van der Waals surface area contributed by atoms with E-state index in [1.165, 1.54) is 0 Å². The lowest BCUT2D eigenvalue weighted by Gasteiger charge is -2.31. The Morgan fingerprint density at radius 3 is 2.77 bits per heavy atom. The second-order valence-electron chi connectivity index (χ2n) is 6.83. The number of unbranched alkanes of at least 4 members (excludes halogenated alkanes) is 1. The van der Waals surface area contributed by atoms with Gasteiger partial charge >= 0.3 is 6.09 Å². The lowest BCUT2D eigenvalue weighted by atomic mass is 9.97. The number of hydrogen-bond donors (Lipinski definition) is 1. The quantitative estimate of drug-likeness (QED) is 0.683. The van der Waals surface area contributed by atoms with Gasteiger partial charge in [0, 0.05) is 25.7 Å². The van der Waals surface area contributed by atoms with Gasteiger partial charge in [-0.2, -0.15) is 0 Å². The number of anilines is 1. The van der Waals surface area contributed by atoms with Crippen LogP contribution in [0.3, 0.4) is 0 Å². The molecule has 2 heterocycles. The number of hydrogen-bond acceptors (Lipinski definition) is 6. The summed E-state index contributed by atoms with van der Waals surface area (Å²) in [6.45, 7) is 8.69. The van der Waals surface area contributed by atoms with Gasteiger partial charge in [0.1, 0.15) is 5.69 Å². The van der Waals surface area contributed by atoms with Crippen LogP contribution < -0.4 is 10.1 Å². The molecule has 0 bridgehead atoms. The fourth-order valence-corrected chi connectivity index (χ4v) is 2.91. The van der Waals surface area contributed by atoms with E-state index < -0.39 is 0 Å². The van der Waals surface area contributed by atoms with Crippen LogP contribution in [0, 0.1) is 5.92 Å². The van der Waals surface area contributed by atoms with Gasteiger partial charge < -0.3 is 19.7 Å². The molecular weight excluding hydrogens is 356 g/mol. The Hall–Kier alpha value is -1.76. The Bertz CT molecular complexity index is 578. The van der Waals surface area contributed by atoms with Crippen LogP contribution in [0.4, 0.5) is 10.5 Å². The Kier molecular flexibility index (Phi) is 8.22. The third-order valence-corrected chi connectivity index (χ3v) is 4.44. The predicted molar refractivity (Wildman–Crippen MR) is 102 cm³/mol. The standard InChI is InChI=1S/C18H29ClN4O3/c1-4-5-10-25-18(24)23-8-6-14(7-9-23)12-20-15-11-16(19)21-22-17(15)26-13(2)3/h11,13-14H,4-10,12H2,1-3H3,(H,20,21). The summed E-state index contributed by atoms with van der Waals surface area (Å²) in [5.74, 6) is 0.926. The molecule has 2 rings (SSSR count). The molecule has 26 heavy (non-hydrogen) atoms. The van der Waals surface area contributed by atoms with Gasteiger partial charge in [0.15, 0.2) is 5.15 Å². The van der Waals surface area contributed by atoms with E-state index in [-0.39, 0.29) is 12.2 Å². The van der Waals surface area contributed by atoms with Crippen molar-refractivity contribution in [1.82, 2.24) is 15.1 Å². The monoisotopic (exact) mass is 384 g/mol. The van der Waals surface area contributed by atoms with Gasteiger partial charge in [-0.1, -0.05) is 24.9 Å². The highest BCUT2D eigenvalue weighted by Crippen LogP contribution is 2.26. The minimum Gasteiger partial charge on any atom is -0.472 e. The zero-order valence-electron chi connectivity index (χ0n) is 15.8. The van der Waals surface area contributed by atoms with Gasteiger partial charge in [0.2, 0.25) is 0 Å². The summed E-state index contributed by atoms with van der Waals surface area (Å²) >= 11 is 5.95. The summed E-state index contributed by atoms with van der Waals surface area (Å²) < 4.78 is 10.9. The van der Waals surface area contributed by atoms with Crippen molar-refractivity contribution >= 4 is 23.4 Å². The number of nitrogens with one attached hydrogen (secondary N) is 1. The molecule has 1 fully saturated rings. The number of likely N-dealkylation sites (tertiary alicyclic amines) is 1. The fraction of sp³-hybridized carbons (Fsp3) is 0.722. The summed E-state index contributed by atoms with van der Waals surface area (Å²) in [6.07, 6.45) is 3.62. The van der Waals surface area contributed by atoms with Crippen LogP contribution in [0.15, 0.2) is 6.07 Å². The van der Waals surface area contributed by atoms with Crippen molar-refractivity contribution in [2.24, 2.45) is 5.92 Å². The molecule has 1 aliphatic heterocycles. The molecule has 0 spiro atoms. The molecule has 0 radical (unpaired) electrons. The van der Waals surface area contributed by atoms with E-state index in [1.54, 1.807) is 11.0 Å². The molecule has 0 aliphatic carbocycles. The van der Waals surface area contributed by atoms with Crippen molar-refractivity contribution in [3.63, 3.8) is 0 Å². The van der Waals surface area contributed by atoms with Crippen LogP contribution >= 0.6 is 11.6 Å². The van der Waals surface area contributed by atoms with Gasteiger partial charge in [-0.05, 0) is 39.0 Å². The van der Waals surface area contributed by atoms with Crippen molar-refractivity contribution in [1.29, 1.82) is 0 Å². The van der Waals surface area contributed by atoms with Crippen LogP contribution in [0.1, 0.15) is 46.5 Å². The number of carbonyl (C=O) groups excluding carboxylic acids is 1. The highest BCUT2D eigenvalue weighted by atomic mass is 35.5. The normalized spacial score (nSPS) is 15.2. The zero-order valence-corrected chi connectivity index (χ0v) is 16.6. The Labute approximate surface area is 160 Å². The number of ether oxygens (including phenoxy) is 2. The second kappa shape index (κ2) is 10.4. The summed E-state index contributed by atoms with van der Waals surface area (Å²) in [6, 6.07) is 1.73. The van der Waals surface area contributed by atoms with Crippen molar-refractivity contribution in [2.45, 2.75) is 52.6 Å². The summed E-state index contributed by atoms with van der Waals surface area (Å²) in [7, 11) is 0. The highest BCUT2D eigenvalue weighted by Gasteiger charge is 2.24. The van der Waals surface area contributed by atoms with E-state index in [9.17, 15) is 4.79 Å². The largest absolute Gasteiger partial charge is 0.472 e. The van der Waals surface area contributed by atoms with Crippen LogP contribution in [0.25, 0.3) is 0 Å². The minimum absolute atomic E-state index is 0.00739. The molecule has 0 saturated carbocycles. The van der Waals surface area contributed by atoms with Crippen molar-refractivity contribution in [3.05, 3.63) is 11.2 Å². The van der Waals surface area contributed by atoms with Gasteiger partial charge in [0.05, 0.1) is 12.7 Å². The summed E-state index contributed by atoms with van der Waals surface area (Å²) in [5.41, 5.74) is 0.750. The topological polar surface area (TPSA) is 76.6 Å². The third kappa shape index (κ3) is 6.52. The maximum Gasteiger partial charge on any atom is 0.409 e. The van der Waals surface area contributed by atoms with E-state index in [0.29, 0.717) is 23.6 Å². The predicted octanol–water partition coefficient (Wildman–Crippen LogP) is 3.98. The lowest BCUT2D eigenvalue weighted by Crippen LogP contribution is -2.40. The molecule has 8 heteroatoms. The first-order chi connectivity index (χ1) is 12.5. The lowest BCUT2D eigenvalue weighted by molar-refractivity contribution is 0.0877. The van der Waals surface area contributed by atoms with Gasteiger partial charge in [-0.15, -0.1) is 10.2 Å². The van der Waals surface area contributed by atoms with E-state index >= 15 is 0 Å². The summed E-state index contributed by atoms with van der Waals surface area (Å²) in [4.78, 5) is 13.8. The third-order valence-electron chi connectivity index (χ3n) is 4.25. The molecule has 1 amide bonds. The average Bonchev–Trinajstić information content (AvgIpc) is 2.62. The Morgan fingerprint density at radius 2 is 2.12 bits per heavy atom. The SMILES string of the molecule is CCCCOC(=O)N1CCC(CNc2cc(Cl)nnc2OC(C)C)CC1. The van der Waals surface area contributed by atoms with Gasteiger partial charge in [-0.25, -0.2) is 4.79 Å². The van der Waals surface area contributed by atoms with Crippen LogP contribution in [-0.4, -0.2) is 53.5 Å². The van der Waals surface area contributed by atoms with Crippen LogP contribution in [0.5, 0.6) is 5.88 Å². The van der Waals surface area contributed by atoms with E-state index in [2.05, 4.69) is 22.4 Å². The molecule has 7 nitrogen and oxygen atoms in total. The van der Waals surface area contributed by atoms with Crippen LogP contribution in [0.2, 0.25) is 5.15 Å². The maximum atomic E-state index is 12.0. The molecule has 0 atom stereocenters. The molecule has 1 N–H and O–H groups in total. The van der Waals surface area contributed by atoms with Gasteiger partial charge in [0.25, 0.3) is 5.88 Å². The molecule has 0 unspecified atom stereocenters.